The Morgan fingerprint density at radius 2 is 1.40 bits per heavy atom. The molecule has 0 atom stereocenters. The molecule has 142 valence electrons. The molecule has 0 N–H and O–H groups in total. The molecule has 1 aromatic carbocycles. The number of rotatable bonds is 5. The SMILES string of the molecule is O=C(OCCOc1c(I)cc(I)cc1I)C([O-])(C(F)(F)F)C(F)(F)F. The lowest BCUT2D eigenvalue weighted by Crippen LogP contribution is -2.71. The van der Waals surface area contributed by atoms with Crippen LogP contribution in [0.1, 0.15) is 0 Å². The number of hydrogen-bond donors (Lipinski definition) is 0. The summed E-state index contributed by atoms with van der Waals surface area (Å²) < 4.78 is 85.6. The van der Waals surface area contributed by atoms with E-state index in [9.17, 15) is 36.2 Å². The van der Waals surface area contributed by atoms with E-state index >= 15 is 0 Å². The van der Waals surface area contributed by atoms with Crippen molar-refractivity contribution in [1.29, 1.82) is 0 Å². The molecular weight excluding hydrogens is 703 g/mol. The quantitative estimate of drug-likeness (QED) is 0.203. The van der Waals surface area contributed by atoms with Crippen LogP contribution in [-0.4, -0.2) is 37.1 Å². The van der Waals surface area contributed by atoms with Crippen LogP contribution >= 0.6 is 67.8 Å². The third-order valence-corrected chi connectivity index (χ3v) is 4.84. The second kappa shape index (κ2) is 8.49. The molecule has 0 saturated carbocycles. The summed E-state index contributed by atoms with van der Waals surface area (Å²) >= 11 is 5.88. The number of benzene rings is 1. The first kappa shape index (κ1) is 23.3. The third kappa shape index (κ3) is 5.36. The van der Waals surface area contributed by atoms with Crippen LogP contribution in [0.25, 0.3) is 0 Å². The first-order chi connectivity index (χ1) is 11.2. The first-order valence-corrected chi connectivity index (χ1v) is 9.24. The molecule has 0 aromatic heterocycles. The molecule has 0 unspecified atom stereocenters. The zero-order chi connectivity index (χ0) is 19.6. The van der Waals surface area contributed by atoms with Gasteiger partial charge in [-0.2, -0.15) is 26.3 Å². The van der Waals surface area contributed by atoms with Crippen molar-refractivity contribution >= 4 is 73.7 Å². The minimum absolute atomic E-state index is 0.331. The Morgan fingerprint density at radius 3 is 1.80 bits per heavy atom. The molecule has 13 heteroatoms. The predicted octanol–water partition coefficient (Wildman–Crippen LogP) is 3.65. The Hall–Kier alpha value is 0.220. The van der Waals surface area contributed by atoms with Gasteiger partial charge in [-0.1, -0.05) is 0 Å². The maximum Gasteiger partial charge on any atom is 0.399 e. The molecule has 0 amide bonds. The molecule has 0 heterocycles. The fraction of sp³-hybridized carbons (Fsp3) is 0.417. The van der Waals surface area contributed by atoms with E-state index in [4.69, 9.17) is 4.74 Å². The van der Waals surface area contributed by atoms with Crippen molar-refractivity contribution in [1.82, 2.24) is 0 Å². The van der Waals surface area contributed by atoms with Gasteiger partial charge in [0.2, 0.25) is 0 Å². The van der Waals surface area contributed by atoms with Crippen LogP contribution < -0.4 is 9.84 Å². The average molecular weight is 709 g/mol. The van der Waals surface area contributed by atoms with E-state index in [1.807, 2.05) is 67.8 Å². The summed E-state index contributed by atoms with van der Waals surface area (Å²) in [6.45, 7) is -1.47. The maximum absolute atomic E-state index is 12.4. The van der Waals surface area contributed by atoms with Crippen LogP contribution in [0.3, 0.4) is 0 Å². The number of esters is 1. The molecule has 1 aromatic rings. The lowest BCUT2D eigenvalue weighted by molar-refractivity contribution is -0.574. The van der Waals surface area contributed by atoms with E-state index in [2.05, 4.69) is 4.74 Å². The number of carbonyl (C=O) groups is 1. The van der Waals surface area contributed by atoms with Crippen molar-refractivity contribution in [3.63, 3.8) is 0 Å². The van der Waals surface area contributed by atoms with Crippen LogP contribution in [0.15, 0.2) is 12.1 Å². The van der Waals surface area contributed by atoms with Crippen LogP contribution in [0.2, 0.25) is 0 Å². The smallest absolute Gasteiger partial charge is 0.399 e. The van der Waals surface area contributed by atoms with Gasteiger partial charge in [-0.3, -0.25) is 4.79 Å². The Bertz CT molecular complexity index is 610. The zero-order valence-corrected chi connectivity index (χ0v) is 18.1. The highest BCUT2D eigenvalue weighted by Gasteiger charge is 2.68. The minimum Gasteiger partial charge on any atom is -0.828 e. The third-order valence-electron chi connectivity index (χ3n) is 2.61. The van der Waals surface area contributed by atoms with Gasteiger partial charge in [-0.15, -0.1) is 0 Å². The van der Waals surface area contributed by atoms with Crippen LogP contribution in [-0.2, 0) is 9.53 Å². The van der Waals surface area contributed by atoms with Gasteiger partial charge in [0.05, 0.1) is 7.14 Å². The fourth-order valence-corrected chi connectivity index (χ4v) is 5.33. The normalized spacial score (nSPS) is 12.9. The molecule has 0 aliphatic heterocycles. The van der Waals surface area contributed by atoms with Crippen LogP contribution in [0.5, 0.6) is 5.75 Å². The molecule has 0 saturated heterocycles. The predicted molar refractivity (Wildman–Crippen MR) is 95.9 cm³/mol. The van der Waals surface area contributed by atoms with Gasteiger partial charge >= 0.3 is 18.3 Å². The highest BCUT2D eigenvalue weighted by molar-refractivity contribution is 14.1. The van der Waals surface area contributed by atoms with Crippen molar-refractivity contribution < 1.29 is 45.7 Å². The summed E-state index contributed by atoms with van der Waals surface area (Å²) in [5, 5.41) is 11.1. The maximum atomic E-state index is 12.4. The number of alkyl halides is 6. The molecule has 0 bridgehead atoms. The first-order valence-electron chi connectivity index (χ1n) is 6.00. The summed E-state index contributed by atoms with van der Waals surface area (Å²) in [4.78, 5) is 11.1. The topological polar surface area (TPSA) is 58.6 Å². The second-order valence-corrected chi connectivity index (χ2v) is 7.93. The van der Waals surface area contributed by atoms with Crippen LogP contribution in [0, 0.1) is 10.7 Å². The van der Waals surface area contributed by atoms with Crippen LogP contribution in [0.4, 0.5) is 26.3 Å². The standard InChI is InChI=1S/C12H6F6I3O4/c13-11(14,15)10(23,12(16,17)18)9(22)25-2-1-24-8-6(20)3-5(19)4-7(8)21/h3-4H,1-2H2/q-1. The average Bonchev–Trinajstić information content (AvgIpc) is 2.41. The highest BCUT2D eigenvalue weighted by Crippen LogP contribution is 2.41. The summed E-state index contributed by atoms with van der Waals surface area (Å²) in [7, 11) is 0. The zero-order valence-electron chi connectivity index (χ0n) is 11.6. The van der Waals surface area contributed by atoms with Gasteiger partial charge in [0.15, 0.2) is 5.60 Å². The Labute approximate surface area is 178 Å². The van der Waals surface area contributed by atoms with E-state index in [0.717, 1.165) is 3.57 Å². The summed E-state index contributed by atoms with van der Waals surface area (Å²) in [6.07, 6.45) is -12.8. The largest absolute Gasteiger partial charge is 0.828 e. The highest BCUT2D eigenvalue weighted by atomic mass is 127. The molecule has 25 heavy (non-hydrogen) atoms. The number of carbonyl (C=O) groups excluding carboxylic acids is 1. The Balaban J connectivity index is 2.74. The molecular formula is C12H6F6I3O4-. The summed E-state index contributed by atoms with van der Waals surface area (Å²) in [5.41, 5.74) is -5.84. The van der Waals surface area contributed by atoms with E-state index in [0.29, 0.717) is 12.9 Å². The molecule has 1 rings (SSSR count). The second-order valence-electron chi connectivity index (χ2n) is 4.36. The minimum atomic E-state index is -6.38. The van der Waals surface area contributed by atoms with E-state index in [-0.39, 0.29) is 0 Å². The van der Waals surface area contributed by atoms with E-state index in [1.165, 1.54) is 0 Å². The molecule has 0 aliphatic rings. The molecule has 0 fully saturated rings. The number of ether oxygens (including phenoxy) is 2. The number of halogens is 9. The summed E-state index contributed by atoms with van der Waals surface area (Å²) in [6, 6.07) is 3.45. The lowest BCUT2D eigenvalue weighted by atomic mass is 10.0. The van der Waals surface area contributed by atoms with Crippen molar-refractivity contribution in [2.24, 2.45) is 0 Å². The molecule has 0 radical (unpaired) electrons. The summed E-state index contributed by atoms with van der Waals surface area (Å²) in [5.74, 6) is -2.64. The number of hydrogen-bond acceptors (Lipinski definition) is 4. The van der Waals surface area contributed by atoms with Gasteiger partial charge in [0, 0.05) is 3.57 Å². The van der Waals surface area contributed by atoms with Crippen molar-refractivity contribution in [2.45, 2.75) is 18.0 Å². The monoisotopic (exact) mass is 709 g/mol. The van der Waals surface area contributed by atoms with Gasteiger partial charge in [0.25, 0.3) is 0 Å². The van der Waals surface area contributed by atoms with E-state index in [1.54, 1.807) is 12.1 Å². The van der Waals surface area contributed by atoms with Gasteiger partial charge in [-0.05, 0) is 79.9 Å². The van der Waals surface area contributed by atoms with Crippen molar-refractivity contribution in [2.75, 3.05) is 13.2 Å². The van der Waals surface area contributed by atoms with E-state index < -0.39 is 37.1 Å². The lowest BCUT2D eigenvalue weighted by Gasteiger charge is -2.40. The molecule has 4 nitrogen and oxygen atoms in total. The Kier molecular flexibility index (Phi) is 7.90. The fourth-order valence-electron chi connectivity index (χ4n) is 1.44. The molecule has 0 aliphatic carbocycles. The Morgan fingerprint density at radius 1 is 0.960 bits per heavy atom. The van der Waals surface area contributed by atoms with Gasteiger partial charge in [0.1, 0.15) is 19.0 Å². The van der Waals surface area contributed by atoms with Gasteiger partial charge < -0.3 is 14.6 Å². The van der Waals surface area contributed by atoms with Crippen molar-refractivity contribution in [3.05, 3.63) is 22.8 Å². The van der Waals surface area contributed by atoms with Gasteiger partial charge in [-0.25, -0.2) is 0 Å². The molecule has 0 spiro atoms. The van der Waals surface area contributed by atoms with Crippen molar-refractivity contribution in [3.8, 4) is 5.75 Å².